The molecule has 1 aromatic heterocycles. The maximum Gasteiger partial charge on any atom is 0.340 e. The van der Waals surface area contributed by atoms with Crippen LogP contribution in [0.5, 0.6) is 11.5 Å². The van der Waals surface area contributed by atoms with E-state index in [0.29, 0.717) is 41.8 Å². The SMILES string of the molecule is CCOC(=O)c1c(-c2cccc(Cl)c2)c(CN2CCOCC2)n2c1-c1cc(OC)c(OC)cc1CC2. The number of rotatable bonds is 7. The summed E-state index contributed by atoms with van der Waals surface area (Å²) in [6.45, 7) is 6.63. The summed E-state index contributed by atoms with van der Waals surface area (Å²) in [4.78, 5) is 16.0. The first-order valence-corrected chi connectivity index (χ1v) is 12.7. The van der Waals surface area contributed by atoms with E-state index < -0.39 is 0 Å². The highest BCUT2D eigenvalue weighted by Crippen LogP contribution is 2.46. The zero-order valence-corrected chi connectivity index (χ0v) is 21.7. The van der Waals surface area contributed by atoms with Crippen molar-refractivity contribution < 1.29 is 23.7 Å². The number of hydrogen-bond donors (Lipinski definition) is 0. The smallest absolute Gasteiger partial charge is 0.340 e. The molecule has 0 amide bonds. The zero-order chi connectivity index (χ0) is 25.2. The Morgan fingerprint density at radius 2 is 1.81 bits per heavy atom. The quantitative estimate of drug-likeness (QED) is 0.414. The molecule has 0 unspecified atom stereocenters. The van der Waals surface area contributed by atoms with Gasteiger partial charge in [-0.2, -0.15) is 0 Å². The number of morpholine rings is 1. The van der Waals surface area contributed by atoms with Gasteiger partial charge in [0.05, 0.1) is 45.3 Å². The number of carbonyl (C=O) groups excluding carboxylic acids is 1. The lowest BCUT2D eigenvalue weighted by atomic mass is 9.93. The van der Waals surface area contributed by atoms with Crippen LogP contribution in [0.15, 0.2) is 36.4 Å². The summed E-state index contributed by atoms with van der Waals surface area (Å²) in [6.07, 6.45) is 0.810. The fourth-order valence-electron chi connectivity index (χ4n) is 5.27. The highest BCUT2D eigenvalue weighted by atomic mass is 35.5. The van der Waals surface area contributed by atoms with Gasteiger partial charge in [-0.15, -0.1) is 0 Å². The van der Waals surface area contributed by atoms with Gasteiger partial charge < -0.3 is 23.5 Å². The summed E-state index contributed by atoms with van der Waals surface area (Å²) in [5, 5.41) is 0.621. The molecule has 5 rings (SSSR count). The first-order valence-electron chi connectivity index (χ1n) is 12.3. The third-order valence-electron chi connectivity index (χ3n) is 6.91. The molecule has 0 spiro atoms. The van der Waals surface area contributed by atoms with E-state index in [1.165, 1.54) is 0 Å². The van der Waals surface area contributed by atoms with Crippen molar-refractivity contribution in [1.82, 2.24) is 9.47 Å². The minimum atomic E-state index is -0.341. The number of esters is 1. The topological polar surface area (TPSA) is 62.2 Å². The van der Waals surface area contributed by atoms with Crippen LogP contribution in [0.4, 0.5) is 0 Å². The van der Waals surface area contributed by atoms with E-state index in [0.717, 1.165) is 59.7 Å². The summed E-state index contributed by atoms with van der Waals surface area (Å²) in [6, 6.07) is 11.7. The van der Waals surface area contributed by atoms with Crippen molar-refractivity contribution in [2.75, 3.05) is 47.1 Å². The lowest BCUT2D eigenvalue weighted by Crippen LogP contribution is -2.36. The second-order valence-electron chi connectivity index (χ2n) is 8.93. The number of ether oxygens (including phenoxy) is 4. The Labute approximate surface area is 216 Å². The van der Waals surface area contributed by atoms with Gasteiger partial charge in [0, 0.05) is 48.0 Å². The van der Waals surface area contributed by atoms with Crippen molar-refractivity contribution in [2.45, 2.75) is 26.4 Å². The molecule has 0 aliphatic carbocycles. The largest absolute Gasteiger partial charge is 0.493 e. The van der Waals surface area contributed by atoms with Crippen LogP contribution in [0, 0.1) is 0 Å². The van der Waals surface area contributed by atoms with E-state index in [1.807, 2.05) is 43.3 Å². The van der Waals surface area contributed by atoms with E-state index in [-0.39, 0.29) is 12.6 Å². The van der Waals surface area contributed by atoms with Gasteiger partial charge in [0.15, 0.2) is 11.5 Å². The second kappa shape index (κ2) is 10.5. The van der Waals surface area contributed by atoms with Gasteiger partial charge >= 0.3 is 5.97 Å². The molecule has 1 fully saturated rings. The molecule has 2 aliphatic heterocycles. The summed E-state index contributed by atoms with van der Waals surface area (Å²) >= 11 is 6.43. The van der Waals surface area contributed by atoms with Crippen molar-refractivity contribution in [3.05, 3.63) is 58.2 Å². The van der Waals surface area contributed by atoms with Crippen LogP contribution in [-0.2, 0) is 29.0 Å². The number of hydrogen-bond acceptors (Lipinski definition) is 6. The van der Waals surface area contributed by atoms with Gasteiger partial charge in [-0.05, 0) is 48.7 Å². The summed E-state index contributed by atoms with van der Waals surface area (Å²) in [5.41, 5.74) is 6.34. The number of nitrogens with zero attached hydrogens (tertiary/aromatic N) is 2. The first-order chi connectivity index (χ1) is 17.5. The van der Waals surface area contributed by atoms with Crippen molar-refractivity contribution >= 4 is 17.6 Å². The molecule has 2 aromatic carbocycles. The molecule has 3 aromatic rings. The summed E-state index contributed by atoms with van der Waals surface area (Å²) in [7, 11) is 3.26. The highest BCUT2D eigenvalue weighted by molar-refractivity contribution is 6.31. The Morgan fingerprint density at radius 1 is 1.06 bits per heavy atom. The average molecular weight is 511 g/mol. The Balaban J connectivity index is 1.80. The van der Waals surface area contributed by atoms with Crippen LogP contribution < -0.4 is 9.47 Å². The van der Waals surface area contributed by atoms with Gasteiger partial charge in [-0.1, -0.05) is 23.7 Å². The van der Waals surface area contributed by atoms with E-state index in [2.05, 4.69) is 9.47 Å². The fourth-order valence-corrected chi connectivity index (χ4v) is 5.46. The molecule has 3 heterocycles. The molecule has 0 radical (unpaired) electrons. The summed E-state index contributed by atoms with van der Waals surface area (Å²) < 4.78 is 24.7. The average Bonchev–Trinajstić information content (AvgIpc) is 3.23. The van der Waals surface area contributed by atoms with Gasteiger partial charge in [0.25, 0.3) is 0 Å². The molecule has 0 saturated carbocycles. The van der Waals surface area contributed by atoms with Crippen LogP contribution in [-0.4, -0.2) is 62.6 Å². The molecule has 0 N–H and O–H groups in total. The molecule has 0 bridgehead atoms. The van der Waals surface area contributed by atoms with Crippen molar-refractivity contribution in [1.29, 1.82) is 0 Å². The zero-order valence-electron chi connectivity index (χ0n) is 20.9. The normalized spacial score (nSPS) is 15.2. The lowest BCUT2D eigenvalue weighted by Gasteiger charge is -2.29. The Kier molecular flexibility index (Phi) is 7.23. The van der Waals surface area contributed by atoms with Gasteiger partial charge in [0.1, 0.15) is 0 Å². The van der Waals surface area contributed by atoms with Crippen molar-refractivity contribution in [3.8, 4) is 33.9 Å². The minimum absolute atomic E-state index is 0.288. The molecule has 7 nitrogen and oxygen atoms in total. The number of methoxy groups -OCH3 is 2. The third kappa shape index (κ3) is 4.47. The second-order valence-corrected chi connectivity index (χ2v) is 9.37. The van der Waals surface area contributed by atoms with Crippen LogP contribution in [0.25, 0.3) is 22.4 Å². The Hall–Kier alpha value is -3.00. The number of aromatic nitrogens is 1. The molecular formula is C28H31ClN2O5. The number of aryl methyl sites for hydroxylation is 1. The van der Waals surface area contributed by atoms with E-state index in [4.69, 9.17) is 30.5 Å². The number of carbonyl (C=O) groups is 1. The van der Waals surface area contributed by atoms with Crippen LogP contribution in [0.2, 0.25) is 5.02 Å². The van der Waals surface area contributed by atoms with Gasteiger partial charge in [0.2, 0.25) is 0 Å². The number of halogens is 1. The molecule has 36 heavy (non-hydrogen) atoms. The molecular weight excluding hydrogens is 480 g/mol. The van der Waals surface area contributed by atoms with Crippen molar-refractivity contribution in [3.63, 3.8) is 0 Å². The highest BCUT2D eigenvalue weighted by Gasteiger charge is 2.34. The van der Waals surface area contributed by atoms with Gasteiger partial charge in [-0.25, -0.2) is 4.79 Å². The van der Waals surface area contributed by atoms with E-state index in [9.17, 15) is 4.79 Å². The van der Waals surface area contributed by atoms with Crippen LogP contribution in [0.3, 0.4) is 0 Å². The maximum atomic E-state index is 13.6. The van der Waals surface area contributed by atoms with E-state index >= 15 is 0 Å². The number of benzene rings is 2. The molecule has 8 heteroatoms. The Bertz CT molecular complexity index is 1280. The number of fused-ring (bicyclic) bond motifs is 3. The van der Waals surface area contributed by atoms with Crippen molar-refractivity contribution in [2.24, 2.45) is 0 Å². The molecule has 2 aliphatic rings. The van der Waals surface area contributed by atoms with Crippen LogP contribution in [0.1, 0.15) is 28.5 Å². The van der Waals surface area contributed by atoms with Crippen LogP contribution >= 0.6 is 11.6 Å². The monoisotopic (exact) mass is 510 g/mol. The third-order valence-corrected chi connectivity index (χ3v) is 7.15. The maximum absolute atomic E-state index is 13.6. The predicted molar refractivity (Wildman–Crippen MR) is 139 cm³/mol. The molecule has 190 valence electrons. The first kappa shape index (κ1) is 24.7. The van der Waals surface area contributed by atoms with Gasteiger partial charge in [-0.3, -0.25) is 4.90 Å². The van der Waals surface area contributed by atoms with E-state index in [1.54, 1.807) is 14.2 Å². The Morgan fingerprint density at radius 3 is 2.50 bits per heavy atom. The standard InChI is InChI=1S/C28H31ClN2O5/c1-4-36-28(32)26-25(19-6-5-7-20(29)14-19)22(17-30-10-12-35-13-11-30)31-9-8-18-15-23(33-2)24(34-3)16-21(18)27(26)31/h5-7,14-16H,4,8-13,17H2,1-3H3. The fraction of sp³-hybridized carbons (Fsp3) is 0.393. The summed E-state index contributed by atoms with van der Waals surface area (Å²) in [5.74, 6) is 0.962. The molecule has 0 atom stereocenters. The predicted octanol–water partition coefficient (Wildman–Crippen LogP) is 5.06. The minimum Gasteiger partial charge on any atom is -0.493 e. The molecule has 1 saturated heterocycles. The lowest BCUT2D eigenvalue weighted by molar-refractivity contribution is 0.0332.